The molecule has 0 N–H and O–H groups in total. The Morgan fingerprint density at radius 1 is 1.29 bits per heavy atom. The van der Waals surface area contributed by atoms with Gasteiger partial charge in [-0.25, -0.2) is 4.39 Å². The largest absolute Gasteiger partial charge is 0.369 e. The second-order valence-electron chi connectivity index (χ2n) is 3.61. The van der Waals surface area contributed by atoms with Gasteiger partial charge in [0.05, 0.1) is 5.69 Å². The second-order valence-corrected chi connectivity index (χ2v) is 3.88. The van der Waals surface area contributed by atoms with Crippen molar-refractivity contribution < 1.29 is 4.39 Å². The van der Waals surface area contributed by atoms with Gasteiger partial charge in [0.15, 0.2) is 0 Å². The summed E-state index contributed by atoms with van der Waals surface area (Å²) in [6.07, 6.45) is 2.33. The molecule has 1 aliphatic rings. The predicted molar refractivity (Wildman–Crippen MR) is 57.4 cm³/mol. The average Bonchev–Trinajstić information content (AvgIpc) is 2.70. The summed E-state index contributed by atoms with van der Waals surface area (Å²) in [5.74, 6) is 0.224. The molecule has 0 radical (unpaired) electrons. The molecule has 1 nitrogen and oxygen atoms in total. The van der Waals surface area contributed by atoms with E-state index in [0.29, 0.717) is 5.88 Å². The molecule has 2 rings (SSSR count). The molecule has 1 fully saturated rings. The Hall–Kier alpha value is -0.760. The van der Waals surface area contributed by atoms with Gasteiger partial charge in [0.2, 0.25) is 0 Å². The summed E-state index contributed by atoms with van der Waals surface area (Å²) >= 11 is 5.63. The summed E-state index contributed by atoms with van der Waals surface area (Å²) in [6, 6.07) is 5.25. The standard InChI is InChI=1S/C11H13ClFN/c12-8-9-3-4-11(10(13)7-9)14-5-1-2-6-14/h3-4,7H,1-2,5-6,8H2. The summed E-state index contributed by atoms with van der Waals surface area (Å²) in [6.45, 7) is 1.94. The van der Waals surface area contributed by atoms with E-state index >= 15 is 0 Å². The van der Waals surface area contributed by atoms with E-state index in [4.69, 9.17) is 11.6 Å². The predicted octanol–water partition coefficient (Wildman–Crippen LogP) is 3.16. The van der Waals surface area contributed by atoms with Crippen LogP contribution < -0.4 is 4.90 Å². The van der Waals surface area contributed by atoms with Crippen molar-refractivity contribution in [1.82, 2.24) is 0 Å². The van der Waals surface area contributed by atoms with Crippen LogP contribution in [0.4, 0.5) is 10.1 Å². The molecule has 0 bridgehead atoms. The Morgan fingerprint density at radius 2 is 2.00 bits per heavy atom. The van der Waals surface area contributed by atoms with Crippen molar-refractivity contribution in [1.29, 1.82) is 0 Å². The first kappa shape index (κ1) is 9.78. The van der Waals surface area contributed by atoms with Crippen LogP contribution in [0.5, 0.6) is 0 Å². The minimum atomic E-state index is -0.148. The van der Waals surface area contributed by atoms with E-state index in [1.165, 1.54) is 6.07 Å². The van der Waals surface area contributed by atoms with Crippen LogP contribution in [0.15, 0.2) is 18.2 Å². The molecule has 1 aromatic carbocycles. The first-order chi connectivity index (χ1) is 6.81. The van der Waals surface area contributed by atoms with Gasteiger partial charge in [-0.15, -0.1) is 11.6 Å². The highest BCUT2D eigenvalue weighted by Crippen LogP contribution is 2.24. The molecule has 1 heterocycles. The highest BCUT2D eigenvalue weighted by Gasteiger charge is 2.15. The quantitative estimate of drug-likeness (QED) is 0.683. The fourth-order valence-corrected chi connectivity index (χ4v) is 2.01. The van der Waals surface area contributed by atoms with Crippen LogP contribution in [0, 0.1) is 5.82 Å². The lowest BCUT2D eigenvalue weighted by atomic mass is 10.2. The van der Waals surface area contributed by atoms with Crippen LogP contribution in [-0.2, 0) is 5.88 Å². The monoisotopic (exact) mass is 213 g/mol. The number of alkyl halides is 1. The van der Waals surface area contributed by atoms with Crippen molar-refractivity contribution >= 4 is 17.3 Å². The van der Waals surface area contributed by atoms with Crippen LogP contribution in [0.25, 0.3) is 0 Å². The molecule has 14 heavy (non-hydrogen) atoms. The minimum absolute atomic E-state index is 0.148. The average molecular weight is 214 g/mol. The van der Waals surface area contributed by atoms with Crippen molar-refractivity contribution in [2.24, 2.45) is 0 Å². The molecule has 0 spiro atoms. The SMILES string of the molecule is Fc1cc(CCl)ccc1N1CCCC1. The number of halogens is 2. The van der Waals surface area contributed by atoms with Gasteiger partial charge in [0.25, 0.3) is 0 Å². The number of anilines is 1. The number of hydrogen-bond acceptors (Lipinski definition) is 1. The third-order valence-electron chi connectivity index (χ3n) is 2.61. The molecule has 0 aliphatic carbocycles. The zero-order valence-electron chi connectivity index (χ0n) is 7.97. The zero-order valence-corrected chi connectivity index (χ0v) is 8.73. The van der Waals surface area contributed by atoms with Gasteiger partial charge in [-0.1, -0.05) is 6.07 Å². The van der Waals surface area contributed by atoms with Gasteiger partial charge in [0, 0.05) is 19.0 Å². The number of rotatable bonds is 2. The highest BCUT2D eigenvalue weighted by atomic mass is 35.5. The summed E-state index contributed by atoms with van der Waals surface area (Å²) in [5.41, 5.74) is 1.56. The van der Waals surface area contributed by atoms with Crippen molar-refractivity contribution in [2.45, 2.75) is 18.7 Å². The van der Waals surface area contributed by atoms with Crippen molar-refractivity contribution in [3.63, 3.8) is 0 Å². The molecule has 76 valence electrons. The van der Waals surface area contributed by atoms with Crippen LogP contribution >= 0.6 is 11.6 Å². The normalized spacial score (nSPS) is 16.3. The Balaban J connectivity index is 2.25. The van der Waals surface area contributed by atoms with Crippen LogP contribution in [0.3, 0.4) is 0 Å². The Labute approximate surface area is 88.5 Å². The molecule has 0 saturated carbocycles. The molecule has 1 saturated heterocycles. The minimum Gasteiger partial charge on any atom is -0.369 e. The smallest absolute Gasteiger partial charge is 0.146 e. The third-order valence-corrected chi connectivity index (χ3v) is 2.92. The lowest BCUT2D eigenvalue weighted by Gasteiger charge is -2.18. The van der Waals surface area contributed by atoms with E-state index in [9.17, 15) is 4.39 Å². The second kappa shape index (κ2) is 4.18. The third kappa shape index (κ3) is 1.85. The van der Waals surface area contributed by atoms with E-state index in [-0.39, 0.29) is 5.82 Å². The maximum atomic E-state index is 13.6. The number of nitrogens with zero attached hydrogens (tertiary/aromatic N) is 1. The molecule has 1 aromatic rings. The summed E-state index contributed by atoms with van der Waals surface area (Å²) < 4.78 is 13.6. The van der Waals surface area contributed by atoms with Crippen LogP contribution in [0.1, 0.15) is 18.4 Å². The van der Waals surface area contributed by atoms with Crippen molar-refractivity contribution in [3.05, 3.63) is 29.6 Å². The van der Waals surface area contributed by atoms with Crippen LogP contribution in [0.2, 0.25) is 0 Å². The van der Waals surface area contributed by atoms with Crippen LogP contribution in [-0.4, -0.2) is 13.1 Å². The van der Waals surface area contributed by atoms with E-state index in [0.717, 1.165) is 37.2 Å². The van der Waals surface area contributed by atoms with Gasteiger partial charge >= 0.3 is 0 Å². The first-order valence-electron chi connectivity index (χ1n) is 4.90. The van der Waals surface area contributed by atoms with Crippen molar-refractivity contribution in [2.75, 3.05) is 18.0 Å². The summed E-state index contributed by atoms with van der Waals surface area (Å²) in [4.78, 5) is 2.09. The Kier molecular flexibility index (Phi) is 2.92. The zero-order chi connectivity index (χ0) is 9.97. The van der Waals surface area contributed by atoms with E-state index in [2.05, 4.69) is 4.90 Å². The lowest BCUT2D eigenvalue weighted by molar-refractivity contribution is 0.622. The van der Waals surface area contributed by atoms with Gasteiger partial charge < -0.3 is 4.90 Å². The van der Waals surface area contributed by atoms with Gasteiger partial charge in [-0.2, -0.15) is 0 Å². The van der Waals surface area contributed by atoms with E-state index < -0.39 is 0 Å². The van der Waals surface area contributed by atoms with Gasteiger partial charge in [0.1, 0.15) is 5.82 Å². The molecular formula is C11H13ClFN. The molecular weight excluding hydrogens is 201 g/mol. The van der Waals surface area contributed by atoms with Gasteiger partial charge in [-0.05, 0) is 30.5 Å². The van der Waals surface area contributed by atoms with E-state index in [1.54, 1.807) is 0 Å². The molecule has 0 atom stereocenters. The summed E-state index contributed by atoms with van der Waals surface area (Å²) in [5, 5.41) is 0. The maximum absolute atomic E-state index is 13.6. The molecule has 0 aromatic heterocycles. The maximum Gasteiger partial charge on any atom is 0.146 e. The molecule has 0 unspecified atom stereocenters. The lowest BCUT2D eigenvalue weighted by Crippen LogP contribution is -2.18. The number of hydrogen-bond donors (Lipinski definition) is 0. The number of benzene rings is 1. The molecule has 3 heteroatoms. The topological polar surface area (TPSA) is 3.24 Å². The highest BCUT2D eigenvalue weighted by molar-refractivity contribution is 6.17. The Morgan fingerprint density at radius 3 is 2.57 bits per heavy atom. The van der Waals surface area contributed by atoms with Gasteiger partial charge in [-0.3, -0.25) is 0 Å². The fourth-order valence-electron chi connectivity index (χ4n) is 1.85. The van der Waals surface area contributed by atoms with Crippen molar-refractivity contribution in [3.8, 4) is 0 Å². The Bertz CT molecular complexity index is 321. The summed E-state index contributed by atoms with van der Waals surface area (Å²) in [7, 11) is 0. The molecule has 1 aliphatic heterocycles. The van der Waals surface area contributed by atoms with E-state index in [1.807, 2.05) is 12.1 Å². The fraction of sp³-hybridized carbons (Fsp3) is 0.455. The molecule has 0 amide bonds. The first-order valence-corrected chi connectivity index (χ1v) is 5.44.